The van der Waals surface area contributed by atoms with Crippen LogP contribution in [0.25, 0.3) is 0 Å². The lowest BCUT2D eigenvalue weighted by molar-refractivity contribution is -0.119. The minimum Gasteiger partial charge on any atom is -0.497 e. The standard InChI is InChI=1S/C21H25N3O5/c1-27-15-8-6-14(7-9-15)22-21(26)24-12-4-5-18(24)20(25)23-17-11-10-16(28-2)13-19(17)29-3/h6-11,13,18H,4-5,12H2,1-3H3,(H,22,26)(H,23,25)/t18-/m0/s1. The van der Waals surface area contributed by atoms with E-state index >= 15 is 0 Å². The van der Waals surface area contributed by atoms with E-state index in [1.807, 2.05) is 0 Å². The van der Waals surface area contributed by atoms with Gasteiger partial charge in [-0.2, -0.15) is 0 Å². The van der Waals surface area contributed by atoms with E-state index in [9.17, 15) is 9.59 Å². The number of nitrogens with zero attached hydrogens (tertiary/aromatic N) is 1. The fourth-order valence-corrected chi connectivity index (χ4v) is 3.27. The van der Waals surface area contributed by atoms with Crippen molar-refractivity contribution in [2.75, 3.05) is 38.5 Å². The highest BCUT2D eigenvalue weighted by molar-refractivity contribution is 6.00. The van der Waals surface area contributed by atoms with Crippen molar-refractivity contribution in [2.45, 2.75) is 18.9 Å². The molecule has 1 aliphatic rings. The molecule has 1 fully saturated rings. The molecule has 1 saturated heterocycles. The molecule has 0 unspecified atom stereocenters. The highest BCUT2D eigenvalue weighted by Gasteiger charge is 2.34. The van der Waals surface area contributed by atoms with Gasteiger partial charge in [0.1, 0.15) is 23.3 Å². The number of urea groups is 1. The molecule has 1 atom stereocenters. The smallest absolute Gasteiger partial charge is 0.322 e. The summed E-state index contributed by atoms with van der Waals surface area (Å²) in [6.07, 6.45) is 1.36. The first-order chi connectivity index (χ1) is 14.0. The average Bonchev–Trinajstić information content (AvgIpc) is 3.25. The van der Waals surface area contributed by atoms with Crippen LogP contribution in [0.4, 0.5) is 16.2 Å². The highest BCUT2D eigenvalue weighted by atomic mass is 16.5. The van der Waals surface area contributed by atoms with E-state index in [1.54, 1.807) is 61.6 Å². The number of ether oxygens (including phenoxy) is 3. The fourth-order valence-electron chi connectivity index (χ4n) is 3.27. The van der Waals surface area contributed by atoms with E-state index in [0.717, 1.165) is 6.42 Å². The van der Waals surface area contributed by atoms with Gasteiger partial charge in [0.2, 0.25) is 5.91 Å². The molecule has 0 radical (unpaired) electrons. The molecule has 0 bridgehead atoms. The second-order valence-corrected chi connectivity index (χ2v) is 6.57. The third-order valence-electron chi connectivity index (χ3n) is 4.82. The van der Waals surface area contributed by atoms with Gasteiger partial charge in [-0.05, 0) is 49.2 Å². The molecule has 0 aromatic heterocycles. The van der Waals surface area contributed by atoms with Gasteiger partial charge in [0, 0.05) is 18.3 Å². The summed E-state index contributed by atoms with van der Waals surface area (Å²) < 4.78 is 15.6. The van der Waals surface area contributed by atoms with Gasteiger partial charge in [0.05, 0.1) is 27.0 Å². The molecule has 8 nitrogen and oxygen atoms in total. The Hall–Kier alpha value is -3.42. The number of carbonyl (C=O) groups is 2. The summed E-state index contributed by atoms with van der Waals surface area (Å²) in [5, 5.41) is 5.69. The fraction of sp³-hybridized carbons (Fsp3) is 0.333. The molecule has 3 rings (SSSR count). The Morgan fingerprint density at radius 3 is 2.28 bits per heavy atom. The Kier molecular flexibility index (Phi) is 6.43. The SMILES string of the molecule is COc1ccc(NC(=O)N2CCC[C@H]2C(=O)Nc2ccc(OC)cc2OC)cc1. The molecule has 2 aromatic carbocycles. The summed E-state index contributed by atoms with van der Waals surface area (Å²) in [5.41, 5.74) is 1.17. The van der Waals surface area contributed by atoms with Crippen molar-refractivity contribution in [3.63, 3.8) is 0 Å². The number of benzene rings is 2. The summed E-state index contributed by atoms with van der Waals surface area (Å²) in [4.78, 5) is 27.1. The molecule has 154 valence electrons. The second kappa shape index (κ2) is 9.18. The van der Waals surface area contributed by atoms with Crippen molar-refractivity contribution >= 4 is 23.3 Å². The molecule has 29 heavy (non-hydrogen) atoms. The van der Waals surface area contributed by atoms with Gasteiger partial charge in [-0.1, -0.05) is 0 Å². The zero-order valence-corrected chi connectivity index (χ0v) is 16.7. The van der Waals surface area contributed by atoms with Gasteiger partial charge in [-0.3, -0.25) is 4.79 Å². The number of carbonyl (C=O) groups excluding carboxylic acids is 2. The number of nitrogens with one attached hydrogen (secondary N) is 2. The minimum atomic E-state index is -0.556. The maximum atomic E-state index is 12.9. The number of hydrogen-bond acceptors (Lipinski definition) is 5. The molecular formula is C21H25N3O5. The van der Waals surface area contributed by atoms with Gasteiger partial charge < -0.3 is 29.7 Å². The van der Waals surface area contributed by atoms with E-state index in [1.165, 1.54) is 7.11 Å². The average molecular weight is 399 g/mol. The normalized spacial score (nSPS) is 15.6. The maximum Gasteiger partial charge on any atom is 0.322 e. The maximum absolute atomic E-state index is 12.9. The Labute approximate surface area is 169 Å². The van der Waals surface area contributed by atoms with E-state index in [2.05, 4.69) is 10.6 Å². The van der Waals surface area contributed by atoms with Crippen LogP contribution in [-0.2, 0) is 4.79 Å². The van der Waals surface area contributed by atoms with E-state index in [-0.39, 0.29) is 11.9 Å². The number of hydrogen-bond donors (Lipinski definition) is 2. The van der Waals surface area contributed by atoms with Crippen LogP contribution in [-0.4, -0.2) is 50.8 Å². The quantitative estimate of drug-likeness (QED) is 0.778. The Balaban J connectivity index is 1.67. The van der Waals surface area contributed by atoms with E-state index < -0.39 is 6.04 Å². The van der Waals surface area contributed by atoms with Gasteiger partial charge in [0.15, 0.2) is 0 Å². The highest BCUT2D eigenvalue weighted by Crippen LogP contribution is 2.30. The summed E-state index contributed by atoms with van der Waals surface area (Å²) in [6, 6.07) is 11.3. The second-order valence-electron chi connectivity index (χ2n) is 6.57. The molecule has 0 saturated carbocycles. The molecule has 2 N–H and O–H groups in total. The van der Waals surface area contributed by atoms with Crippen LogP contribution in [0.1, 0.15) is 12.8 Å². The summed E-state index contributed by atoms with van der Waals surface area (Å²) >= 11 is 0. The lowest BCUT2D eigenvalue weighted by atomic mass is 10.2. The zero-order valence-electron chi connectivity index (χ0n) is 16.7. The predicted molar refractivity (Wildman–Crippen MR) is 110 cm³/mol. The van der Waals surface area contributed by atoms with Gasteiger partial charge in [-0.25, -0.2) is 4.79 Å². The monoisotopic (exact) mass is 399 g/mol. The third-order valence-corrected chi connectivity index (χ3v) is 4.82. The van der Waals surface area contributed by atoms with Gasteiger partial charge >= 0.3 is 6.03 Å². The van der Waals surface area contributed by atoms with E-state index in [0.29, 0.717) is 41.6 Å². The van der Waals surface area contributed by atoms with Crippen LogP contribution >= 0.6 is 0 Å². The lowest BCUT2D eigenvalue weighted by Crippen LogP contribution is -2.45. The number of likely N-dealkylation sites (tertiary alicyclic amines) is 1. The zero-order chi connectivity index (χ0) is 20.8. The van der Waals surface area contributed by atoms with Crippen LogP contribution < -0.4 is 24.8 Å². The van der Waals surface area contributed by atoms with Crippen LogP contribution in [0, 0.1) is 0 Å². The van der Waals surface area contributed by atoms with Crippen molar-refractivity contribution in [2.24, 2.45) is 0 Å². The lowest BCUT2D eigenvalue weighted by Gasteiger charge is -2.24. The molecule has 2 aromatic rings. The Bertz CT molecular complexity index is 869. The molecule has 0 aliphatic carbocycles. The molecule has 3 amide bonds. The van der Waals surface area contributed by atoms with Crippen molar-refractivity contribution in [3.05, 3.63) is 42.5 Å². The molecule has 1 aliphatic heterocycles. The van der Waals surface area contributed by atoms with Crippen molar-refractivity contribution in [1.29, 1.82) is 0 Å². The first-order valence-corrected chi connectivity index (χ1v) is 9.30. The van der Waals surface area contributed by atoms with Crippen molar-refractivity contribution in [3.8, 4) is 17.2 Å². The largest absolute Gasteiger partial charge is 0.497 e. The topological polar surface area (TPSA) is 89.1 Å². The number of rotatable bonds is 6. The van der Waals surface area contributed by atoms with Gasteiger partial charge in [0.25, 0.3) is 0 Å². The summed E-state index contributed by atoms with van der Waals surface area (Å²) in [7, 11) is 4.66. The molecule has 8 heteroatoms. The van der Waals surface area contributed by atoms with Crippen LogP contribution in [0.3, 0.4) is 0 Å². The first kappa shape index (κ1) is 20.3. The molecule has 0 spiro atoms. The Morgan fingerprint density at radius 2 is 1.62 bits per heavy atom. The summed E-state index contributed by atoms with van der Waals surface area (Å²) in [5.74, 6) is 1.57. The van der Waals surface area contributed by atoms with Crippen molar-refractivity contribution < 1.29 is 23.8 Å². The number of methoxy groups -OCH3 is 3. The van der Waals surface area contributed by atoms with Crippen LogP contribution in [0.15, 0.2) is 42.5 Å². The first-order valence-electron chi connectivity index (χ1n) is 9.30. The van der Waals surface area contributed by atoms with Crippen LogP contribution in [0.5, 0.6) is 17.2 Å². The molecule has 1 heterocycles. The predicted octanol–water partition coefficient (Wildman–Crippen LogP) is 3.35. The molecular weight excluding hydrogens is 374 g/mol. The number of anilines is 2. The summed E-state index contributed by atoms with van der Waals surface area (Å²) in [6.45, 7) is 0.514. The van der Waals surface area contributed by atoms with E-state index in [4.69, 9.17) is 14.2 Å². The van der Waals surface area contributed by atoms with Gasteiger partial charge in [-0.15, -0.1) is 0 Å². The Morgan fingerprint density at radius 1 is 0.931 bits per heavy atom. The van der Waals surface area contributed by atoms with Crippen LogP contribution in [0.2, 0.25) is 0 Å². The van der Waals surface area contributed by atoms with Crippen molar-refractivity contribution in [1.82, 2.24) is 4.90 Å². The minimum absolute atomic E-state index is 0.254. The number of amides is 3. The third kappa shape index (κ3) is 4.71.